The van der Waals surface area contributed by atoms with E-state index in [2.05, 4.69) is 17.4 Å². The Morgan fingerprint density at radius 1 is 0.962 bits per heavy atom. The molecule has 5 heteroatoms. The molecule has 0 fully saturated rings. The quantitative estimate of drug-likeness (QED) is 0.896. The van der Waals surface area contributed by atoms with Crippen molar-refractivity contribution in [2.24, 2.45) is 0 Å². The summed E-state index contributed by atoms with van der Waals surface area (Å²) in [6.07, 6.45) is -0.582. The van der Waals surface area contributed by atoms with Crippen LogP contribution in [0.15, 0.2) is 48.5 Å². The Hall–Kier alpha value is -2.82. The minimum Gasteiger partial charge on any atom is -0.444 e. The number of carbonyl (C=O) groups excluding carboxylic acids is 2. The van der Waals surface area contributed by atoms with Crippen LogP contribution in [0.1, 0.15) is 31.9 Å². The van der Waals surface area contributed by atoms with E-state index in [9.17, 15) is 9.59 Å². The SMILES string of the molecule is CC(C)(C)OC(=O)NCC(=O)N1Cc2ccccc2-c2ccccc2C1. The molecule has 0 unspecified atom stereocenters. The van der Waals surface area contributed by atoms with Crippen LogP contribution in [0.2, 0.25) is 0 Å². The van der Waals surface area contributed by atoms with Crippen LogP contribution in [-0.4, -0.2) is 29.0 Å². The molecule has 0 spiro atoms. The summed E-state index contributed by atoms with van der Waals surface area (Å²) in [6.45, 7) is 6.31. The zero-order chi connectivity index (χ0) is 18.7. The normalized spacial score (nSPS) is 13.3. The third-order valence-electron chi connectivity index (χ3n) is 4.18. The summed E-state index contributed by atoms with van der Waals surface area (Å²) in [5.74, 6) is -0.137. The molecule has 0 bridgehead atoms. The van der Waals surface area contributed by atoms with Gasteiger partial charge in [0.25, 0.3) is 0 Å². The smallest absolute Gasteiger partial charge is 0.408 e. The van der Waals surface area contributed by atoms with Crippen LogP contribution < -0.4 is 5.32 Å². The second-order valence-corrected chi connectivity index (χ2v) is 7.42. The van der Waals surface area contributed by atoms with Crippen LogP contribution in [0.5, 0.6) is 0 Å². The van der Waals surface area contributed by atoms with Crippen molar-refractivity contribution in [3.05, 3.63) is 59.7 Å². The van der Waals surface area contributed by atoms with Crippen LogP contribution in [0.4, 0.5) is 4.79 Å². The number of benzene rings is 2. The zero-order valence-electron chi connectivity index (χ0n) is 15.4. The first kappa shape index (κ1) is 18.0. The highest BCUT2D eigenvalue weighted by atomic mass is 16.6. The molecule has 1 aliphatic heterocycles. The third-order valence-corrected chi connectivity index (χ3v) is 4.18. The van der Waals surface area contributed by atoms with E-state index in [0.717, 1.165) is 22.3 Å². The molecule has 0 aromatic heterocycles. The van der Waals surface area contributed by atoms with Crippen molar-refractivity contribution in [2.75, 3.05) is 6.54 Å². The van der Waals surface area contributed by atoms with Crippen molar-refractivity contribution >= 4 is 12.0 Å². The molecule has 26 heavy (non-hydrogen) atoms. The molecule has 1 heterocycles. The summed E-state index contributed by atoms with van der Waals surface area (Å²) in [4.78, 5) is 26.3. The van der Waals surface area contributed by atoms with E-state index >= 15 is 0 Å². The zero-order valence-corrected chi connectivity index (χ0v) is 15.4. The van der Waals surface area contributed by atoms with Crippen LogP contribution in [-0.2, 0) is 22.6 Å². The Morgan fingerprint density at radius 3 is 1.96 bits per heavy atom. The molecule has 2 aromatic carbocycles. The van der Waals surface area contributed by atoms with E-state index in [-0.39, 0.29) is 12.5 Å². The van der Waals surface area contributed by atoms with Gasteiger partial charge in [0.15, 0.2) is 0 Å². The van der Waals surface area contributed by atoms with E-state index in [1.54, 1.807) is 25.7 Å². The van der Waals surface area contributed by atoms with Gasteiger partial charge < -0.3 is 15.0 Å². The molecule has 0 aliphatic carbocycles. The highest BCUT2D eigenvalue weighted by molar-refractivity contribution is 5.83. The fourth-order valence-corrected chi connectivity index (χ4v) is 3.06. The molecule has 0 saturated heterocycles. The van der Waals surface area contributed by atoms with Gasteiger partial charge in [0.05, 0.1) is 0 Å². The standard InChI is InChI=1S/C21H24N2O3/c1-21(2,3)26-20(25)22-12-19(24)23-13-15-8-4-6-10-17(15)18-11-7-5-9-16(18)14-23/h4-11H,12-14H2,1-3H3,(H,22,25). The number of ether oxygens (including phenoxy) is 1. The summed E-state index contributed by atoms with van der Waals surface area (Å²) in [5.41, 5.74) is 3.91. The number of hydrogen-bond acceptors (Lipinski definition) is 3. The maximum atomic E-state index is 12.7. The largest absolute Gasteiger partial charge is 0.444 e. The minimum atomic E-state index is -0.590. The minimum absolute atomic E-state index is 0.0841. The van der Waals surface area contributed by atoms with Gasteiger partial charge in [-0.15, -0.1) is 0 Å². The van der Waals surface area contributed by atoms with Gasteiger partial charge in [-0.3, -0.25) is 4.79 Å². The van der Waals surface area contributed by atoms with Gasteiger partial charge in [-0.2, -0.15) is 0 Å². The van der Waals surface area contributed by atoms with Crippen LogP contribution in [0.25, 0.3) is 11.1 Å². The molecule has 3 rings (SSSR count). The Morgan fingerprint density at radius 2 is 1.46 bits per heavy atom. The fourth-order valence-electron chi connectivity index (χ4n) is 3.06. The number of hydrogen-bond donors (Lipinski definition) is 1. The van der Waals surface area contributed by atoms with Crippen molar-refractivity contribution in [3.63, 3.8) is 0 Å². The first-order chi connectivity index (χ1) is 12.3. The Bertz CT molecular complexity index is 777. The number of fused-ring (bicyclic) bond motifs is 3. The first-order valence-corrected chi connectivity index (χ1v) is 8.74. The Labute approximate surface area is 154 Å². The summed E-state index contributed by atoms with van der Waals surface area (Å²) >= 11 is 0. The van der Waals surface area contributed by atoms with Crippen molar-refractivity contribution in [2.45, 2.75) is 39.5 Å². The lowest BCUT2D eigenvalue weighted by Gasteiger charge is -2.23. The molecule has 5 nitrogen and oxygen atoms in total. The van der Waals surface area contributed by atoms with Crippen LogP contribution in [0.3, 0.4) is 0 Å². The second-order valence-electron chi connectivity index (χ2n) is 7.42. The van der Waals surface area contributed by atoms with Crippen molar-refractivity contribution in [1.82, 2.24) is 10.2 Å². The lowest BCUT2D eigenvalue weighted by Crippen LogP contribution is -2.41. The number of nitrogens with zero attached hydrogens (tertiary/aromatic N) is 1. The van der Waals surface area contributed by atoms with Crippen molar-refractivity contribution < 1.29 is 14.3 Å². The van der Waals surface area contributed by atoms with Crippen molar-refractivity contribution in [3.8, 4) is 11.1 Å². The van der Waals surface area contributed by atoms with Crippen LogP contribution in [0, 0.1) is 0 Å². The van der Waals surface area contributed by atoms with Gasteiger partial charge in [0.1, 0.15) is 12.1 Å². The number of rotatable bonds is 2. The van der Waals surface area contributed by atoms with E-state index in [0.29, 0.717) is 13.1 Å². The Balaban J connectivity index is 1.76. The van der Waals surface area contributed by atoms with Gasteiger partial charge in [0, 0.05) is 13.1 Å². The number of amides is 2. The van der Waals surface area contributed by atoms with E-state index in [4.69, 9.17) is 4.74 Å². The maximum absolute atomic E-state index is 12.7. The molecule has 2 amide bonds. The molecule has 136 valence electrons. The van der Waals surface area contributed by atoms with Gasteiger partial charge in [-0.1, -0.05) is 48.5 Å². The lowest BCUT2D eigenvalue weighted by molar-refractivity contribution is -0.131. The summed E-state index contributed by atoms with van der Waals surface area (Å²) in [5, 5.41) is 2.55. The average Bonchev–Trinajstić information content (AvgIpc) is 2.75. The van der Waals surface area contributed by atoms with Gasteiger partial charge >= 0.3 is 6.09 Å². The number of carbonyl (C=O) groups is 2. The summed E-state index contributed by atoms with van der Waals surface area (Å²) in [6, 6.07) is 16.2. The molecule has 1 N–H and O–H groups in total. The molecule has 0 radical (unpaired) electrons. The highest BCUT2D eigenvalue weighted by Gasteiger charge is 2.23. The highest BCUT2D eigenvalue weighted by Crippen LogP contribution is 2.32. The molecule has 2 aromatic rings. The second kappa shape index (κ2) is 7.20. The monoisotopic (exact) mass is 352 g/mol. The number of nitrogens with one attached hydrogen (secondary N) is 1. The molecule has 0 saturated carbocycles. The van der Waals surface area contributed by atoms with Crippen LogP contribution >= 0.6 is 0 Å². The van der Waals surface area contributed by atoms with E-state index in [1.807, 2.05) is 36.4 Å². The fraction of sp³-hybridized carbons (Fsp3) is 0.333. The van der Waals surface area contributed by atoms with Gasteiger partial charge in [-0.25, -0.2) is 4.79 Å². The van der Waals surface area contributed by atoms with Crippen molar-refractivity contribution in [1.29, 1.82) is 0 Å². The molecular weight excluding hydrogens is 328 g/mol. The summed E-state index contributed by atoms with van der Waals surface area (Å²) in [7, 11) is 0. The number of alkyl carbamates (subject to hydrolysis) is 1. The molecule has 1 aliphatic rings. The topological polar surface area (TPSA) is 58.6 Å². The van der Waals surface area contributed by atoms with E-state index in [1.165, 1.54) is 0 Å². The molecular formula is C21H24N2O3. The predicted octanol–water partition coefficient (Wildman–Crippen LogP) is 3.72. The first-order valence-electron chi connectivity index (χ1n) is 8.74. The summed E-state index contributed by atoms with van der Waals surface area (Å²) < 4.78 is 5.19. The molecule has 0 atom stereocenters. The third kappa shape index (κ3) is 4.23. The maximum Gasteiger partial charge on any atom is 0.408 e. The van der Waals surface area contributed by atoms with E-state index < -0.39 is 11.7 Å². The lowest BCUT2D eigenvalue weighted by atomic mass is 9.97. The Kier molecular flexibility index (Phi) is 4.98. The van der Waals surface area contributed by atoms with Gasteiger partial charge in [0.2, 0.25) is 5.91 Å². The van der Waals surface area contributed by atoms with Gasteiger partial charge in [-0.05, 0) is 43.0 Å². The predicted molar refractivity (Wildman–Crippen MR) is 100 cm³/mol. The average molecular weight is 352 g/mol.